The Bertz CT molecular complexity index is 492. The fourth-order valence-corrected chi connectivity index (χ4v) is 3.97. The second-order valence-electron chi connectivity index (χ2n) is 5.46. The van der Waals surface area contributed by atoms with E-state index in [2.05, 4.69) is 5.32 Å². The van der Waals surface area contributed by atoms with Crippen molar-refractivity contribution in [3.05, 3.63) is 22.4 Å². The molecule has 19 heavy (non-hydrogen) atoms. The number of carbonyl (C=O) groups excluding carboxylic acids is 2. The number of hydrogen-bond donors (Lipinski definition) is 1. The third kappa shape index (κ3) is 2.06. The number of nitrogens with one attached hydrogen (secondary N) is 1. The quantitative estimate of drug-likeness (QED) is 0.900. The Morgan fingerprint density at radius 2 is 2.11 bits per heavy atom. The van der Waals surface area contributed by atoms with Gasteiger partial charge in [0, 0.05) is 4.88 Å². The van der Waals surface area contributed by atoms with Gasteiger partial charge in [0.05, 0.1) is 6.04 Å². The fourth-order valence-electron chi connectivity index (χ4n) is 3.17. The van der Waals surface area contributed by atoms with E-state index in [-0.39, 0.29) is 24.4 Å². The summed E-state index contributed by atoms with van der Waals surface area (Å²) >= 11 is 1.63. The first-order chi connectivity index (χ1) is 9.12. The van der Waals surface area contributed by atoms with Crippen molar-refractivity contribution in [3.63, 3.8) is 0 Å². The van der Waals surface area contributed by atoms with Crippen molar-refractivity contribution < 1.29 is 9.59 Å². The molecule has 2 fully saturated rings. The molecule has 1 saturated carbocycles. The van der Waals surface area contributed by atoms with Crippen LogP contribution in [0.25, 0.3) is 0 Å². The highest BCUT2D eigenvalue weighted by molar-refractivity contribution is 7.10. The maximum absolute atomic E-state index is 12.7. The van der Waals surface area contributed by atoms with E-state index in [4.69, 9.17) is 0 Å². The minimum atomic E-state index is -0.610. The van der Waals surface area contributed by atoms with Gasteiger partial charge in [-0.1, -0.05) is 18.9 Å². The summed E-state index contributed by atoms with van der Waals surface area (Å²) in [6.07, 6.45) is 3.61. The van der Waals surface area contributed by atoms with Crippen LogP contribution in [0.1, 0.15) is 43.5 Å². The third-order valence-electron chi connectivity index (χ3n) is 4.24. The molecular formula is C14H18N2O2S. The van der Waals surface area contributed by atoms with Crippen molar-refractivity contribution in [3.8, 4) is 0 Å². The molecule has 2 amide bonds. The van der Waals surface area contributed by atoms with Crippen LogP contribution in [0.5, 0.6) is 0 Å². The highest BCUT2D eigenvalue weighted by atomic mass is 32.1. The molecule has 3 rings (SSSR count). The van der Waals surface area contributed by atoms with Crippen molar-refractivity contribution in [2.45, 2.75) is 44.2 Å². The Balaban J connectivity index is 1.88. The van der Waals surface area contributed by atoms with Gasteiger partial charge in [0.25, 0.3) is 0 Å². The molecule has 0 aromatic carbocycles. The fraction of sp³-hybridized carbons (Fsp3) is 0.571. The largest absolute Gasteiger partial charge is 0.340 e. The van der Waals surface area contributed by atoms with Gasteiger partial charge >= 0.3 is 0 Å². The number of amides is 2. The van der Waals surface area contributed by atoms with Gasteiger partial charge in [-0.2, -0.15) is 0 Å². The summed E-state index contributed by atoms with van der Waals surface area (Å²) in [4.78, 5) is 27.6. The van der Waals surface area contributed by atoms with E-state index in [1.165, 1.54) is 0 Å². The SMILES string of the molecule is CC(c1cccs1)N1CC(=O)NC2(CCCC2)C1=O. The smallest absolute Gasteiger partial charge is 0.249 e. The molecule has 2 heterocycles. The van der Waals surface area contributed by atoms with E-state index in [1.54, 1.807) is 16.2 Å². The molecule has 0 bridgehead atoms. The van der Waals surface area contributed by atoms with Crippen molar-refractivity contribution in [2.24, 2.45) is 0 Å². The summed E-state index contributed by atoms with van der Waals surface area (Å²) < 4.78 is 0. The maximum Gasteiger partial charge on any atom is 0.249 e. The van der Waals surface area contributed by atoms with E-state index in [1.807, 2.05) is 24.4 Å². The van der Waals surface area contributed by atoms with Gasteiger partial charge in [-0.3, -0.25) is 9.59 Å². The lowest BCUT2D eigenvalue weighted by Crippen LogP contribution is -2.65. The Hall–Kier alpha value is -1.36. The summed E-state index contributed by atoms with van der Waals surface area (Å²) in [6.45, 7) is 2.19. The molecule has 1 saturated heterocycles. The summed E-state index contributed by atoms with van der Waals surface area (Å²) in [5.41, 5.74) is -0.610. The summed E-state index contributed by atoms with van der Waals surface area (Å²) in [6, 6.07) is 3.99. The Morgan fingerprint density at radius 1 is 1.37 bits per heavy atom. The molecule has 102 valence electrons. The molecule has 1 aliphatic carbocycles. The zero-order valence-corrected chi connectivity index (χ0v) is 11.8. The maximum atomic E-state index is 12.7. The van der Waals surface area contributed by atoms with Crippen LogP contribution in [0.15, 0.2) is 17.5 Å². The zero-order chi connectivity index (χ0) is 13.5. The van der Waals surface area contributed by atoms with Gasteiger partial charge in [-0.15, -0.1) is 11.3 Å². The highest BCUT2D eigenvalue weighted by Gasteiger charge is 2.49. The lowest BCUT2D eigenvalue weighted by atomic mass is 9.92. The minimum absolute atomic E-state index is 0.0176. The molecular weight excluding hydrogens is 260 g/mol. The Morgan fingerprint density at radius 3 is 2.74 bits per heavy atom. The first-order valence-electron chi connectivity index (χ1n) is 6.78. The highest BCUT2D eigenvalue weighted by Crippen LogP contribution is 2.36. The molecule has 1 unspecified atom stereocenters. The van der Waals surface area contributed by atoms with E-state index >= 15 is 0 Å². The molecule has 1 N–H and O–H groups in total. The molecule has 1 atom stereocenters. The third-order valence-corrected chi connectivity index (χ3v) is 5.29. The van der Waals surface area contributed by atoms with Gasteiger partial charge in [0.15, 0.2) is 0 Å². The Labute approximate surface area is 116 Å². The topological polar surface area (TPSA) is 49.4 Å². The van der Waals surface area contributed by atoms with Gasteiger partial charge in [-0.05, 0) is 31.2 Å². The minimum Gasteiger partial charge on any atom is -0.340 e. The van der Waals surface area contributed by atoms with Crippen LogP contribution in [0.4, 0.5) is 0 Å². The molecule has 1 aliphatic heterocycles. The van der Waals surface area contributed by atoms with Gasteiger partial charge < -0.3 is 10.2 Å². The summed E-state index contributed by atoms with van der Waals surface area (Å²) in [5, 5.41) is 4.95. The molecule has 1 aromatic heterocycles. The van der Waals surface area contributed by atoms with Crippen LogP contribution in [-0.4, -0.2) is 28.8 Å². The number of nitrogens with zero attached hydrogens (tertiary/aromatic N) is 1. The second-order valence-corrected chi connectivity index (χ2v) is 6.44. The van der Waals surface area contributed by atoms with Gasteiger partial charge in [-0.25, -0.2) is 0 Å². The van der Waals surface area contributed by atoms with Crippen LogP contribution in [0, 0.1) is 0 Å². The number of thiophene rings is 1. The molecule has 1 spiro atoms. The number of carbonyl (C=O) groups is 2. The summed E-state index contributed by atoms with van der Waals surface area (Å²) in [7, 11) is 0. The van der Waals surface area contributed by atoms with Crippen LogP contribution in [0.2, 0.25) is 0 Å². The molecule has 2 aliphatic rings. The predicted molar refractivity (Wildman–Crippen MR) is 73.8 cm³/mol. The molecule has 4 nitrogen and oxygen atoms in total. The second kappa shape index (κ2) is 4.63. The first-order valence-corrected chi connectivity index (χ1v) is 7.66. The van der Waals surface area contributed by atoms with Crippen LogP contribution in [-0.2, 0) is 9.59 Å². The van der Waals surface area contributed by atoms with Crippen LogP contribution in [0.3, 0.4) is 0 Å². The van der Waals surface area contributed by atoms with Crippen molar-refractivity contribution >= 4 is 23.2 Å². The van der Waals surface area contributed by atoms with E-state index in [0.29, 0.717) is 0 Å². The van der Waals surface area contributed by atoms with E-state index in [9.17, 15) is 9.59 Å². The monoisotopic (exact) mass is 278 g/mol. The van der Waals surface area contributed by atoms with Gasteiger partial charge in [0.1, 0.15) is 12.1 Å². The van der Waals surface area contributed by atoms with Crippen LogP contribution >= 0.6 is 11.3 Å². The predicted octanol–water partition coefficient (Wildman–Crippen LogP) is 2.08. The van der Waals surface area contributed by atoms with Crippen LogP contribution < -0.4 is 5.32 Å². The zero-order valence-electron chi connectivity index (χ0n) is 11.0. The standard InChI is InChI=1S/C14H18N2O2S/c1-10(11-5-4-8-19-11)16-9-12(17)15-14(13(16)18)6-2-3-7-14/h4-5,8,10H,2-3,6-7,9H2,1H3,(H,15,17). The van der Waals surface area contributed by atoms with E-state index in [0.717, 1.165) is 30.6 Å². The average molecular weight is 278 g/mol. The van der Waals surface area contributed by atoms with Gasteiger partial charge in [0.2, 0.25) is 11.8 Å². The average Bonchev–Trinajstić information content (AvgIpc) is 3.04. The molecule has 5 heteroatoms. The van der Waals surface area contributed by atoms with Crippen molar-refractivity contribution in [2.75, 3.05) is 6.54 Å². The lowest BCUT2D eigenvalue weighted by molar-refractivity contribution is -0.152. The molecule has 1 aromatic rings. The summed E-state index contributed by atoms with van der Waals surface area (Å²) in [5.74, 6) is 0.0791. The van der Waals surface area contributed by atoms with Crippen molar-refractivity contribution in [1.82, 2.24) is 10.2 Å². The molecule has 0 radical (unpaired) electrons. The van der Waals surface area contributed by atoms with Crippen molar-refractivity contribution in [1.29, 1.82) is 0 Å². The normalized spacial score (nSPS) is 23.7. The first kappa shape index (κ1) is 12.7. The number of piperazine rings is 1. The lowest BCUT2D eigenvalue weighted by Gasteiger charge is -2.42. The Kier molecular flexibility index (Phi) is 3.09. The number of hydrogen-bond acceptors (Lipinski definition) is 3. The number of rotatable bonds is 2. The van der Waals surface area contributed by atoms with E-state index < -0.39 is 5.54 Å².